The third kappa shape index (κ3) is 4.12. The Morgan fingerprint density at radius 1 is 1.11 bits per heavy atom. The molecule has 3 aromatic rings. The van der Waals surface area contributed by atoms with Gasteiger partial charge in [0, 0.05) is 23.2 Å². The highest BCUT2D eigenvalue weighted by molar-refractivity contribution is 6.30. The molecule has 0 atom stereocenters. The lowest BCUT2D eigenvalue weighted by molar-refractivity contribution is 0.0946. The predicted octanol–water partition coefficient (Wildman–Crippen LogP) is 4.35. The van der Waals surface area contributed by atoms with Crippen molar-refractivity contribution >= 4 is 17.5 Å². The molecule has 0 aliphatic heterocycles. The topological polar surface area (TPSA) is 65.4 Å². The lowest BCUT2D eigenvalue weighted by atomic mass is 10.1. The van der Waals surface area contributed by atoms with Crippen LogP contribution in [0.1, 0.15) is 23.8 Å². The zero-order valence-electron chi connectivity index (χ0n) is 16.0. The monoisotopic (exact) mass is 399 g/mol. The molecule has 1 heterocycles. The van der Waals surface area contributed by atoms with E-state index < -0.39 is 0 Å². The standard InChI is InChI=1S/C21H22ClN3O3/c1-4-11-23-21(26)19-13-18(17-10-9-16(27-2)12-20(17)28-3)24-25(19)15-7-5-14(22)6-8-15/h5-10,12-13H,4,11H2,1-3H3,(H,23,26). The van der Waals surface area contributed by atoms with E-state index in [1.807, 2.05) is 31.2 Å². The molecule has 2 aromatic carbocycles. The zero-order valence-corrected chi connectivity index (χ0v) is 16.8. The van der Waals surface area contributed by atoms with Crippen LogP contribution in [0.3, 0.4) is 0 Å². The van der Waals surface area contributed by atoms with Crippen molar-refractivity contribution in [3.8, 4) is 28.4 Å². The Labute approximate surface area is 169 Å². The smallest absolute Gasteiger partial charge is 0.270 e. The summed E-state index contributed by atoms with van der Waals surface area (Å²) in [5.74, 6) is 1.10. The summed E-state index contributed by atoms with van der Waals surface area (Å²) in [6.07, 6.45) is 0.847. The second-order valence-corrected chi connectivity index (χ2v) is 6.56. The number of hydrogen-bond acceptors (Lipinski definition) is 4. The number of nitrogens with one attached hydrogen (secondary N) is 1. The van der Waals surface area contributed by atoms with Crippen LogP contribution in [-0.2, 0) is 0 Å². The number of carbonyl (C=O) groups is 1. The number of aromatic nitrogens is 2. The number of benzene rings is 2. The van der Waals surface area contributed by atoms with Gasteiger partial charge in [0.25, 0.3) is 5.91 Å². The Kier molecular flexibility index (Phi) is 6.21. The molecule has 0 spiro atoms. The molecule has 6 nitrogen and oxygen atoms in total. The minimum atomic E-state index is -0.192. The number of amides is 1. The van der Waals surface area contributed by atoms with Gasteiger partial charge in [-0.05, 0) is 48.9 Å². The lowest BCUT2D eigenvalue weighted by Crippen LogP contribution is -2.26. The molecule has 1 amide bonds. The fourth-order valence-corrected chi connectivity index (χ4v) is 2.92. The highest BCUT2D eigenvalue weighted by Gasteiger charge is 2.19. The van der Waals surface area contributed by atoms with Crippen LogP contribution in [0.15, 0.2) is 48.5 Å². The predicted molar refractivity (Wildman–Crippen MR) is 110 cm³/mol. The summed E-state index contributed by atoms with van der Waals surface area (Å²) in [5.41, 5.74) is 2.56. The van der Waals surface area contributed by atoms with Crippen molar-refractivity contribution in [2.24, 2.45) is 0 Å². The maximum Gasteiger partial charge on any atom is 0.270 e. The van der Waals surface area contributed by atoms with Crippen LogP contribution < -0.4 is 14.8 Å². The Morgan fingerprint density at radius 3 is 2.50 bits per heavy atom. The molecule has 0 unspecified atom stereocenters. The molecule has 0 saturated heterocycles. The van der Waals surface area contributed by atoms with Gasteiger partial charge in [0.15, 0.2) is 0 Å². The Balaban J connectivity index is 2.11. The Bertz CT molecular complexity index is 968. The number of carbonyl (C=O) groups excluding carboxylic acids is 1. The first kappa shape index (κ1) is 19.8. The highest BCUT2D eigenvalue weighted by Crippen LogP contribution is 2.33. The van der Waals surface area contributed by atoms with E-state index in [2.05, 4.69) is 10.4 Å². The van der Waals surface area contributed by atoms with Crippen molar-refractivity contribution in [3.63, 3.8) is 0 Å². The minimum absolute atomic E-state index is 0.192. The molecule has 3 rings (SSSR count). The Morgan fingerprint density at radius 2 is 1.86 bits per heavy atom. The van der Waals surface area contributed by atoms with Gasteiger partial charge >= 0.3 is 0 Å². The quantitative estimate of drug-likeness (QED) is 0.641. The largest absolute Gasteiger partial charge is 0.497 e. The first-order valence-electron chi connectivity index (χ1n) is 8.94. The summed E-state index contributed by atoms with van der Waals surface area (Å²) >= 11 is 6.00. The summed E-state index contributed by atoms with van der Waals surface area (Å²) in [6.45, 7) is 2.59. The van der Waals surface area contributed by atoms with Gasteiger partial charge in [-0.3, -0.25) is 4.79 Å². The number of halogens is 1. The first-order valence-corrected chi connectivity index (χ1v) is 9.31. The molecule has 0 aliphatic rings. The number of rotatable bonds is 7. The molecule has 1 aromatic heterocycles. The van der Waals surface area contributed by atoms with E-state index in [0.29, 0.717) is 34.5 Å². The van der Waals surface area contributed by atoms with E-state index in [4.69, 9.17) is 21.1 Å². The molecule has 146 valence electrons. The van der Waals surface area contributed by atoms with Gasteiger partial charge in [0.2, 0.25) is 0 Å². The number of hydrogen-bond donors (Lipinski definition) is 1. The van der Waals surface area contributed by atoms with E-state index in [1.54, 1.807) is 43.2 Å². The van der Waals surface area contributed by atoms with Crippen molar-refractivity contribution in [2.45, 2.75) is 13.3 Å². The average Bonchev–Trinajstić information content (AvgIpc) is 3.17. The molecular weight excluding hydrogens is 378 g/mol. The molecule has 28 heavy (non-hydrogen) atoms. The molecule has 0 bridgehead atoms. The van der Waals surface area contributed by atoms with Gasteiger partial charge in [0.1, 0.15) is 17.2 Å². The minimum Gasteiger partial charge on any atom is -0.497 e. The van der Waals surface area contributed by atoms with Crippen LogP contribution in [0, 0.1) is 0 Å². The highest BCUT2D eigenvalue weighted by atomic mass is 35.5. The van der Waals surface area contributed by atoms with E-state index in [9.17, 15) is 4.79 Å². The molecule has 7 heteroatoms. The van der Waals surface area contributed by atoms with Gasteiger partial charge in [-0.2, -0.15) is 5.10 Å². The van der Waals surface area contributed by atoms with Crippen molar-refractivity contribution < 1.29 is 14.3 Å². The summed E-state index contributed by atoms with van der Waals surface area (Å²) < 4.78 is 12.4. The third-order valence-electron chi connectivity index (χ3n) is 4.23. The van der Waals surface area contributed by atoms with Gasteiger partial charge in [-0.25, -0.2) is 4.68 Å². The SMILES string of the molecule is CCCNC(=O)c1cc(-c2ccc(OC)cc2OC)nn1-c1ccc(Cl)cc1. The van der Waals surface area contributed by atoms with Gasteiger partial charge in [-0.1, -0.05) is 18.5 Å². The third-order valence-corrected chi connectivity index (χ3v) is 4.49. The molecule has 0 aliphatic carbocycles. The fraction of sp³-hybridized carbons (Fsp3) is 0.238. The molecule has 0 radical (unpaired) electrons. The van der Waals surface area contributed by atoms with Gasteiger partial charge < -0.3 is 14.8 Å². The van der Waals surface area contributed by atoms with Crippen molar-refractivity contribution in [2.75, 3.05) is 20.8 Å². The van der Waals surface area contributed by atoms with Crippen LogP contribution in [0.25, 0.3) is 16.9 Å². The van der Waals surface area contributed by atoms with Gasteiger partial charge in [-0.15, -0.1) is 0 Å². The maximum atomic E-state index is 12.7. The molecular formula is C21H22ClN3O3. The van der Waals surface area contributed by atoms with E-state index in [0.717, 1.165) is 17.7 Å². The Hall–Kier alpha value is -2.99. The maximum absolute atomic E-state index is 12.7. The normalized spacial score (nSPS) is 10.6. The van der Waals surface area contributed by atoms with Crippen LogP contribution in [0.4, 0.5) is 0 Å². The second kappa shape index (κ2) is 8.80. The van der Waals surface area contributed by atoms with E-state index >= 15 is 0 Å². The fourth-order valence-electron chi connectivity index (χ4n) is 2.79. The average molecular weight is 400 g/mol. The van der Waals surface area contributed by atoms with Crippen molar-refractivity contribution in [1.82, 2.24) is 15.1 Å². The van der Waals surface area contributed by atoms with Crippen LogP contribution >= 0.6 is 11.6 Å². The second-order valence-electron chi connectivity index (χ2n) is 6.13. The van der Waals surface area contributed by atoms with Gasteiger partial charge in [0.05, 0.1) is 25.6 Å². The first-order chi connectivity index (χ1) is 13.6. The zero-order chi connectivity index (χ0) is 20.1. The summed E-state index contributed by atoms with van der Waals surface area (Å²) in [6, 6.07) is 14.4. The number of methoxy groups -OCH3 is 2. The molecule has 1 N–H and O–H groups in total. The van der Waals surface area contributed by atoms with Crippen LogP contribution in [0.5, 0.6) is 11.5 Å². The van der Waals surface area contributed by atoms with E-state index in [1.165, 1.54) is 0 Å². The summed E-state index contributed by atoms with van der Waals surface area (Å²) in [4.78, 5) is 12.7. The van der Waals surface area contributed by atoms with Crippen molar-refractivity contribution in [3.05, 3.63) is 59.2 Å². The summed E-state index contributed by atoms with van der Waals surface area (Å²) in [5, 5.41) is 8.19. The van der Waals surface area contributed by atoms with Crippen LogP contribution in [-0.4, -0.2) is 36.5 Å². The number of nitrogens with zero attached hydrogens (tertiary/aromatic N) is 2. The van der Waals surface area contributed by atoms with Crippen molar-refractivity contribution in [1.29, 1.82) is 0 Å². The van der Waals surface area contributed by atoms with Crippen LogP contribution in [0.2, 0.25) is 5.02 Å². The lowest BCUT2D eigenvalue weighted by Gasteiger charge is -2.09. The summed E-state index contributed by atoms with van der Waals surface area (Å²) in [7, 11) is 3.18. The molecule has 0 fully saturated rings. The number of ether oxygens (including phenoxy) is 2. The molecule has 0 saturated carbocycles. The van der Waals surface area contributed by atoms with E-state index in [-0.39, 0.29) is 5.91 Å².